The summed E-state index contributed by atoms with van der Waals surface area (Å²) in [4.78, 5) is 16.1. The van der Waals surface area contributed by atoms with Gasteiger partial charge in [-0.25, -0.2) is 4.79 Å². The Bertz CT molecular complexity index is 664. The van der Waals surface area contributed by atoms with Gasteiger partial charge in [-0.2, -0.15) is 5.10 Å². The van der Waals surface area contributed by atoms with Gasteiger partial charge in [0.05, 0.1) is 26.0 Å². The van der Waals surface area contributed by atoms with Gasteiger partial charge in [-0.1, -0.05) is 0 Å². The highest BCUT2D eigenvalue weighted by Gasteiger charge is 2.28. The van der Waals surface area contributed by atoms with Crippen molar-refractivity contribution in [1.82, 2.24) is 14.8 Å². The predicted molar refractivity (Wildman–Crippen MR) is 71.3 cm³/mol. The monoisotopic (exact) mass is 273 g/mol. The van der Waals surface area contributed by atoms with Crippen molar-refractivity contribution in [3.63, 3.8) is 0 Å². The molecule has 104 valence electrons. The fourth-order valence-electron chi connectivity index (χ4n) is 2.65. The minimum absolute atomic E-state index is 0.0756. The average Bonchev–Trinajstić information content (AvgIpc) is 2.85. The maximum atomic E-state index is 12.0. The number of hydrogen-bond donors (Lipinski definition) is 1. The molecule has 2 heterocycles. The van der Waals surface area contributed by atoms with E-state index in [1.165, 1.54) is 11.8 Å². The number of carbonyl (C=O) groups excluding carboxylic acids is 1. The predicted octanol–water partition coefficient (Wildman–Crippen LogP) is 0.823. The molecule has 6 heteroatoms. The molecule has 0 aliphatic heterocycles. The number of nitrogens with zero attached hydrogens (tertiary/aromatic N) is 3. The number of esters is 1. The molecule has 2 aromatic rings. The lowest BCUT2D eigenvalue weighted by Gasteiger charge is -2.14. The lowest BCUT2D eigenvalue weighted by molar-refractivity contribution is 0.0583. The molecule has 2 aromatic heterocycles. The number of aromatic nitrogens is 3. The van der Waals surface area contributed by atoms with E-state index < -0.39 is 5.97 Å². The van der Waals surface area contributed by atoms with E-state index in [-0.39, 0.29) is 13.2 Å². The molecule has 0 aromatic carbocycles. The molecule has 1 aliphatic carbocycles. The van der Waals surface area contributed by atoms with Crippen molar-refractivity contribution in [2.45, 2.75) is 19.4 Å². The lowest BCUT2D eigenvalue weighted by atomic mass is 9.90. The van der Waals surface area contributed by atoms with E-state index >= 15 is 0 Å². The van der Waals surface area contributed by atoms with Crippen LogP contribution >= 0.6 is 0 Å². The Kier molecular flexibility index (Phi) is 3.23. The van der Waals surface area contributed by atoms with Crippen molar-refractivity contribution < 1.29 is 14.6 Å². The van der Waals surface area contributed by atoms with Crippen molar-refractivity contribution in [3.8, 4) is 11.3 Å². The van der Waals surface area contributed by atoms with Gasteiger partial charge in [0, 0.05) is 23.5 Å². The topological polar surface area (TPSA) is 77.2 Å². The number of carbonyl (C=O) groups is 1. The minimum Gasteiger partial charge on any atom is -0.464 e. The van der Waals surface area contributed by atoms with Crippen LogP contribution in [0.15, 0.2) is 18.5 Å². The highest BCUT2D eigenvalue weighted by atomic mass is 16.5. The van der Waals surface area contributed by atoms with E-state index in [1.807, 2.05) is 12.3 Å². The van der Waals surface area contributed by atoms with Gasteiger partial charge in [0.2, 0.25) is 0 Å². The molecule has 0 radical (unpaired) electrons. The summed E-state index contributed by atoms with van der Waals surface area (Å²) in [6.07, 6.45) is 5.10. The van der Waals surface area contributed by atoms with Crippen LogP contribution in [0.2, 0.25) is 0 Å². The smallest absolute Gasteiger partial charge is 0.356 e. The summed E-state index contributed by atoms with van der Waals surface area (Å²) < 4.78 is 6.38. The third-order valence-corrected chi connectivity index (χ3v) is 3.54. The maximum absolute atomic E-state index is 12.0. The van der Waals surface area contributed by atoms with Crippen LogP contribution in [-0.2, 0) is 24.1 Å². The first-order chi connectivity index (χ1) is 9.76. The zero-order valence-electron chi connectivity index (χ0n) is 11.2. The zero-order chi connectivity index (χ0) is 14.1. The summed E-state index contributed by atoms with van der Waals surface area (Å²) in [5.74, 6) is -0.412. The summed E-state index contributed by atoms with van der Waals surface area (Å²) in [6, 6.07) is 1.91. The highest BCUT2D eigenvalue weighted by Crippen LogP contribution is 2.34. The Morgan fingerprint density at radius 1 is 1.50 bits per heavy atom. The van der Waals surface area contributed by atoms with Crippen LogP contribution in [0.5, 0.6) is 0 Å². The molecule has 0 saturated carbocycles. The van der Waals surface area contributed by atoms with Gasteiger partial charge in [0.25, 0.3) is 0 Å². The number of ether oxygens (including phenoxy) is 1. The molecule has 3 rings (SSSR count). The summed E-state index contributed by atoms with van der Waals surface area (Å²) in [6.45, 7) is 0.200. The van der Waals surface area contributed by atoms with Crippen LogP contribution in [0.3, 0.4) is 0 Å². The molecule has 0 spiro atoms. The molecular weight excluding hydrogens is 258 g/mol. The van der Waals surface area contributed by atoms with E-state index in [1.54, 1.807) is 6.20 Å². The van der Waals surface area contributed by atoms with Gasteiger partial charge >= 0.3 is 5.97 Å². The molecule has 0 amide bonds. The fourth-order valence-corrected chi connectivity index (χ4v) is 2.65. The summed E-state index contributed by atoms with van der Waals surface area (Å²) in [5, 5.41) is 13.6. The van der Waals surface area contributed by atoms with Crippen LogP contribution in [0.1, 0.15) is 21.6 Å². The Morgan fingerprint density at radius 2 is 2.35 bits per heavy atom. The third kappa shape index (κ3) is 1.89. The van der Waals surface area contributed by atoms with Crippen molar-refractivity contribution in [2.75, 3.05) is 13.7 Å². The molecule has 0 saturated heterocycles. The molecule has 6 nitrogen and oxygen atoms in total. The summed E-state index contributed by atoms with van der Waals surface area (Å²) in [7, 11) is 1.35. The number of rotatable bonds is 3. The maximum Gasteiger partial charge on any atom is 0.356 e. The van der Waals surface area contributed by atoms with E-state index in [4.69, 9.17) is 9.84 Å². The molecule has 20 heavy (non-hydrogen) atoms. The number of aliphatic hydroxyl groups excluding tert-OH is 1. The normalized spacial score (nSPS) is 12.7. The Morgan fingerprint density at radius 3 is 3.10 bits per heavy atom. The number of aryl methyl sites for hydroxylation is 1. The molecule has 0 unspecified atom stereocenters. The SMILES string of the molecule is COC(=O)c1c2c(nn1CCO)-c1ccncc1CC2. The molecule has 1 aliphatic rings. The third-order valence-electron chi connectivity index (χ3n) is 3.54. The van der Waals surface area contributed by atoms with Crippen molar-refractivity contribution >= 4 is 5.97 Å². The zero-order valence-corrected chi connectivity index (χ0v) is 11.2. The van der Waals surface area contributed by atoms with E-state index in [0.717, 1.165) is 35.2 Å². The Balaban J connectivity index is 2.19. The quantitative estimate of drug-likeness (QED) is 0.838. The van der Waals surface area contributed by atoms with Crippen LogP contribution in [0.25, 0.3) is 11.3 Å². The number of methoxy groups -OCH3 is 1. The fraction of sp³-hybridized carbons (Fsp3) is 0.357. The molecule has 0 fully saturated rings. The second kappa shape index (κ2) is 5.05. The Hall–Kier alpha value is -2.21. The van der Waals surface area contributed by atoms with Gasteiger partial charge < -0.3 is 9.84 Å². The highest BCUT2D eigenvalue weighted by molar-refractivity contribution is 5.92. The van der Waals surface area contributed by atoms with Gasteiger partial charge in [0.1, 0.15) is 5.69 Å². The first kappa shape index (κ1) is 12.8. The molecule has 0 bridgehead atoms. The lowest BCUT2D eigenvalue weighted by Crippen LogP contribution is -2.15. The summed E-state index contributed by atoms with van der Waals surface area (Å²) in [5.41, 5.74) is 4.26. The van der Waals surface area contributed by atoms with E-state index in [9.17, 15) is 4.79 Å². The first-order valence-corrected chi connectivity index (χ1v) is 6.48. The van der Waals surface area contributed by atoms with E-state index in [2.05, 4.69) is 10.1 Å². The van der Waals surface area contributed by atoms with Crippen molar-refractivity contribution in [3.05, 3.63) is 35.3 Å². The number of fused-ring (bicyclic) bond motifs is 3. The molecule has 0 atom stereocenters. The first-order valence-electron chi connectivity index (χ1n) is 6.48. The molecule has 1 N–H and O–H groups in total. The summed E-state index contributed by atoms with van der Waals surface area (Å²) >= 11 is 0. The average molecular weight is 273 g/mol. The number of aliphatic hydroxyl groups is 1. The van der Waals surface area contributed by atoms with Gasteiger partial charge in [-0.15, -0.1) is 0 Å². The van der Waals surface area contributed by atoms with E-state index in [0.29, 0.717) is 5.69 Å². The van der Waals surface area contributed by atoms with Crippen LogP contribution in [-0.4, -0.2) is 39.6 Å². The van der Waals surface area contributed by atoms with Crippen LogP contribution in [0.4, 0.5) is 0 Å². The number of pyridine rings is 1. The minimum atomic E-state index is -0.412. The largest absolute Gasteiger partial charge is 0.464 e. The van der Waals surface area contributed by atoms with Gasteiger partial charge in [-0.05, 0) is 24.5 Å². The van der Waals surface area contributed by atoms with Crippen molar-refractivity contribution in [2.24, 2.45) is 0 Å². The van der Waals surface area contributed by atoms with Crippen molar-refractivity contribution in [1.29, 1.82) is 0 Å². The van der Waals surface area contributed by atoms with Crippen LogP contribution < -0.4 is 0 Å². The van der Waals surface area contributed by atoms with Crippen LogP contribution in [0, 0.1) is 0 Å². The second-order valence-electron chi connectivity index (χ2n) is 4.65. The second-order valence-corrected chi connectivity index (χ2v) is 4.65. The Labute approximate surface area is 116 Å². The molecular formula is C14H15N3O3. The standard InChI is InChI=1S/C14H15N3O3/c1-20-14(19)13-11-3-2-9-8-15-5-4-10(9)12(11)16-17(13)6-7-18/h4-5,8,18H,2-3,6-7H2,1H3. The van der Waals surface area contributed by atoms with Gasteiger partial charge in [0.15, 0.2) is 0 Å². The van der Waals surface area contributed by atoms with Gasteiger partial charge in [-0.3, -0.25) is 9.67 Å². The number of hydrogen-bond acceptors (Lipinski definition) is 5.